The summed E-state index contributed by atoms with van der Waals surface area (Å²) in [5.41, 5.74) is 1.32. The Morgan fingerprint density at radius 3 is 2.29 bits per heavy atom. The molecule has 0 atom stereocenters. The molecule has 0 heterocycles. The summed E-state index contributed by atoms with van der Waals surface area (Å²) in [6, 6.07) is 14.9. The second-order valence-corrected chi connectivity index (χ2v) is 26.0. The van der Waals surface area contributed by atoms with E-state index >= 15 is 0 Å². The normalized spacial score (nSPS) is 11.9. The van der Waals surface area contributed by atoms with Gasteiger partial charge in [-0.25, -0.2) is 0 Å². The van der Waals surface area contributed by atoms with Crippen LogP contribution < -0.4 is 0 Å². The Morgan fingerprint density at radius 1 is 0.882 bits per heavy atom. The molecule has 0 saturated carbocycles. The van der Waals surface area contributed by atoms with Gasteiger partial charge >= 0.3 is 118 Å². The van der Waals surface area contributed by atoms with E-state index in [4.69, 9.17) is 26.8 Å². The average molecular weight is 394 g/mol. The maximum absolute atomic E-state index is 5.94. The molecule has 2 rings (SSSR count). The van der Waals surface area contributed by atoms with Crippen molar-refractivity contribution in [2.24, 2.45) is 0 Å². The van der Waals surface area contributed by atoms with Crippen molar-refractivity contribution in [2.75, 3.05) is 0 Å². The third-order valence-corrected chi connectivity index (χ3v) is 9.17. The number of benzene rings is 2. The van der Waals surface area contributed by atoms with Crippen molar-refractivity contribution in [3.8, 4) is 0 Å². The first-order valence-electron chi connectivity index (χ1n) is 5.59. The van der Waals surface area contributed by atoms with Crippen molar-refractivity contribution in [2.45, 2.75) is 17.3 Å². The second-order valence-electron chi connectivity index (χ2n) is 4.15. The fraction of sp³-hybridized carbons (Fsp3) is 0.231. The van der Waals surface area contributed by atoms with Gasteiger partial charge in [0.05, 0.1) is 0 Å². The average Bonchev–Trinajstić information content (AvgIpc) is 2.27. The first kappa shape index (κ1) is 13.8. The molecule has 0 saturated heterocycles. The first-order chi connectivity index (χ1) is 8.04. The standard InChI is InChI=1S/C13H13.3ClH.Sn/c1-2-5-11-8-9-12-6-3-4-7-13(12)10-11;;;;/h3-4,6-10H,1-2,5H2;3*1H;/q;;;;+3/p-3. The third-order valence-electron chi connectivity index (χ3n) is 2.74. The molecule has 4 heteroatoms. The van der Waals surface area contributed by atoms with E-state index in [-0.39, 0.29) is 0 Å². The summed E-state index contributed by atoms with van der Waals surface area (Å²) < 4.78 is 0.798. The molecule has 0 fully saturated rings. The van der Waals surface area contributed by atoms with Crippen LogP contribution in [0, 0.1) is 0 Å². The van der Waals surface area contributed by atoms with Crippen LogP contribution in [-0.4, -0.2) is 15.0 Å². The summed E-state index contributed by atoms with van der Waals surface area (Å²) in [5, 5.41) is 2.55. The van der Waals surface area contributed by atoms with Gasteiger partial charge in [-0.3, -0.25) is 0 Å². The molecule has 2 aromatic rings. The molecule has 0 aliphatic rings. The van der Waals surface area contributed by atoms with E-state index in [1.54, 1.807) is 0 Å². The van der Waals surface area contributed by atoms with Crippen LogP contribution in [0.15, 0.2) is 42.5 Å². The number of halogens is 3. The van der Waals surface area contributed by atoms with Gasteiger partial charge in [0.25, 0.3) is 0 Å². The van der Waals surface area contributed by atoms with Crippen molar-refractivity contribution < 1.29 is 0 Å². The molecule has 0 amide bonds. The SMILES string of the molecule is [Cl][Sn]([Cl])([Cl])[CH2]CCc1ccc2ccccc2c1. The summed E-state index contributed by atoms with van der Waals surface area (Å²) >= 11 is -3.12. The molecular formula is C13H13Cl3Sn. The Labute approximate surface area is 117 Å². The molecule has 0 aromatic heterocycles. The third kappa shape index (κ3) is 4.51. The quantitative estimate of drug-likeness (QED) is 0.607. The van der Waals surface area contributed by atoms with Gasteiger partial charge in [0.2, 0.25) is 0 Å². The van der Waals surface area contributed by atoms with Crippen molar-refractivity contribution in [3.63, 3.8) is 0 Å². The molecule has 0 aliphatic heterocycles. The fourth-order valence-electron chi connectivity index (χ4n) is 1.89. The van der Waals surface area contributed by atoms with Crippen LogP contribution in [0.2, 0.25) is 4.44 Å². The van der Waals surface area contributed by atoms with Crippen LogP contribution in [0.3, 0.4) is 0 Å². The molecule has 0 spiro atoms. The monoisotopic (exact) mass is 394 g/mol. The molecule has 0 N–H and O–H groups in total. The molecular weight excluding hydrogens is 381 g/mol. The first-order valence-corrected chi connectivity index (χ1v) is 18.5. The summed E-state index contributed by atoms with van der Waals surface area (Å²) in [6.45, 7) is 0. The fourth-order valence-corrected chi connectivity index (χ4v) is 6.23. The van der Waals surface area contributed by atoms with Crippen LogP contribution in [0.5, 0.6) is 0 Å². The van der Waals surface area contributed by atoms with Crippen molar-refractivity contribution in [3.05, 3.63) is 48.0 Å². The molecule has 17 heavy (non-hydrogen) atoms. The van der Waals surface area contributed by atoms with Crippen molar-refractivity contribution >= 4 is 52.5 Å². The van der Waals surface area contributed by atoms with Crippen LogP contribution in [-0.2, 0) is 6.42 Å². The summed E-state index contributed by atoms with van der Waals surface area (Å²) in [6.07, 6.45) is 1.97. The Bertz CT molecular complexity index is 505. The topological polar surface area (TPSA) is 0 Å². The predicted octanol–water partition coefficient (Wildman–Crippen LogP) is 5.43. The molecule has 2 aromatic carbocycles. The molecule has 0 aliphatic carbocycles. The van der Waals surface area contributed by atoms with E-state index < -0.39 is 15.0 Å². The van der Waals surface area contributed by atoms with Gasteiger partial charge in [0, 0.05) is 0 Å². The molecule has 0 nitrogen and oxygen atoms in total. The second kappa shape index (κ2) is 6.01. The number of rotatable bonds is 4. The summed E-state index contributed by atoms with van der Waals surface area (Å²) in [7, 11) is 17.8. The molecule has 90 valence electrons. The van der Waals surface area contributed by atoms with Gasteiger partial charge in [0.15, 0.2) is 0 Å². The van der Waals surface area contributed by atoms with Crippen LogP contribution in [0.25, 0.3) is 10.8 Å². The van der Waals surface area contributed by atoms with Crippen LogP contribution in [0.1, 0.15) is 12.0 Å². The van der Waals surface area contributed by atoms with Gasteiger partial charge in [-0.1, -0.05) is 0 Å². The number of aryl methyl sites for hydroxylation is 1. The molecule has 0 unspecified atom stereocenters. The number of fused-ring (bicyclic) bond motifs is 1. The van der Waals surface area contributed by atoms with E-state index in [0.717, 1.165) is 17.3 Å². The Hall–Kier alpha value is 0.369. The number of hydrogen-bond acceptors (Lipinski definition) is 0. The van der Waals surface area contributed by atoms with Gasteiger partial charge < -0.3 is 0 Å². The van der Waals surface area contributed by atoms with Crippen molar-refractivity contribution in [1.29, 1.82) is 0 Å². The van der Waals surface area contributed by atoms with Gasteiger partial charge in [-0.05, 0) is 0 Å². The van der Waals surface area contributed by atoms with E-state index in [0.29, 0.717) is 0 Å². The minimum absolute atomic E-state index is 0.798. The van der Waals surface area contributed by atoms with Gasteiger partial charge in [0.1, 0.15) is 0 Å². The maximum atomic E-state index is 5.94. The zero-order valence-electron chi connectivity index (χ0n) is 9.30. The van der Waals surface area contributed by atoms with Crippen LogP contribution >= 0.6 is 26.8 Å². The Morgan fingerprint density at radius 2 is 1.59 bits per heavy atom. The Kier molecular flexibility index (Phi) is 4.87. The zero-order valence-corrected chi connectivity index (χ0v) is 14.4. The van der Waals surface area contributed by atoms with Gasteiger partial charge in [-0.2, -0.15) is 0 Å². The van der Waals surface area contributed by atoms with Crippen LogP contribution in [0.4, 0.5) is 0 Å². The van der Waals surface area contributed by atoms with E-state index in [1.807, 2.05) is 0 Å². The van der Waals surface area contributed by atoms with E-state index in [2.05, 4.69) is 42.5 Å². The summed E-state index contributed by atoms with van der Waals surface area (Å²) in [4.78, 5) is 0. The number of hydrogen-bond donors (Lipinski definition) is 0. The zero-order chi connectivity index (χ0) is 12.3. The molecule has 0 bridgehead atoms. The van der Waals surface area contributed by atoms with E-state index in [9.17, 15) is 0 Å². The van der Waals surface area contributed by atoms with E-state index in [1.165, 1.54) is 16.3 Å². The Balaban J connectivity index is 2.04. The molecule has 0 radical (unpaired) electrons. The van der Waals surface area contributed by atoms with Crippen molar-refractivity contribution in [1.82, 2.24) is 0 Å². The summed E-state index contributed by atoms with van der Waals surface area (Å²) in [5.74, 6) is 0. The minimum atomic E-state index is -3.12. The predicted molar refractivity (Wildman–Crippen MR) is 80.4 cm³/mol. The van der Waals surface area contributed by atoms with Gasteiger partial charge in [-0.15, -0.1) is 0 Å².